The summed E-state index contributed by atoms with van der Waals surface area (Å²) in [6.45, 7) is 20.2. The van der Waals surface area contributed by atoms with E-state index in [1.807, 2.05) is 97.8 Å². The molecule has 0 radical (unpaired) electrons. The third-order valence-corrected chi connectivity index (χ3v) is 7.38. The zero-order valence-corrected chi connectivity index (χ0v) is 27.2. The van der Waals surface area contributed by atoms with E-state index in [9.17, 15) is 14.4 Å². The Morgan fingerprint density at radius 1 is 0.976 bits per heavy atom. The molecule has 0 bridgehead atoms. The van der Waals surface area contributed by atoms with Gasteiger partial charge in [0.05, 0.1) is 11.6 Å². The number of rotatable bonds is 16. The van der Waals surface area contributed by atoms with Gasteiger partial charge in [0, 0.05) is 24.7 Å². The molecule has 0 saturated carbocycles. The lowest BCUT2D eigenvalue weighted by molar-refractivity contribution is -0.132. The molecule has 0 fully saturated rings. The maximum Gasteiger partial charge on any atom is 0.408 e. The molecule has 0 saturated heterocycles. The van der Waals surface area contributed by atoms with E-state index in [2.05, 4.69) is 34.9 Å². The van der Waals surface area contributed by atoms with Gasteiger partial charge in [0.25, 0.3) is 0 Å². The number of ether oxygens (including phenoxy) is 1. The van der Waals surface area contributed by atoms with E-state index >= 15 is 0 Å². The molecular weight excluding hydrogens is 518 g/mol. The minimum atomic E-state index is -0.745. The number of hydrazone groups is 1. The molecule has 0 aromatic heterocycles. The van der Waals surface area contributed by atoms with Crippen molar-refractivity contribution < 1.29 is 19.1 Å². The van der Waals surface area contributed by atoms with Crippen molar-refractivity contribution in [3.63, 3.8) is 0 Å². The van der Waals surface area contributed by atoms with Crippen LogP contribution >= 0.6 is 0 Å². The van der Waals surface area contributed by atoms with Crippen molar-refractivity contribution in [1.82, 2.24) is 21.0 Å². The first kappa shape index (κ1) is 35.9. The summed E-state index contributed by atoms with van der Waals surface area (Å²) < 4.78 is 5.33. The zero-order valence-electron chi connectivity index (χ0n) is 27.2. The highest BCUT2D eigenvalue weighted by Gasteiger charge is 2.37. The van der Waals surface area contributed by atoms with Gasteiger partial charge in [0.15, 0.2) is 0 Å². The number of alkyl carbamates (subject to hydrolysis) is 1. The van der Waals surface area contributed by atoms with E-state index in [0.29, 0.717) is 18.8 Å². The van der Waals surface area contributed by atoms with Crippen LogP contribution in [0.4, 0.5) is 4.79 Å². The molecule has 9 nitrogen and oxygen atoms in total. The minimum Gasteiger partial charge on any atom is -0.445 e. The van der Waals surface area contributed by atoms with Crippen molar-refractivity contribution in [2.45, 2.75) is 119 Å². The summed E-state index contributed by atoms with van der Waals surface area (Å²) in [5.74, 6) is 0.145. The number of carbonyl (C=O) groups is 3. The molecule has 0 aliphatic rings. The smallest absolute Gasteiger partial charge is 0.408 e. The van der Waals surface area contributed by atoms with Gasteiger partial charge in [-0.15, -0.1) is 0 Å². The first-order chi connectivity index (χ1) is 19.0. The summed E-state index contributed by atoms with van der Waals surface area (Å²) in [4.78, 5) is 38.6. The molecule has 3 N–H and O–H groups in total. The molecule has 0 heterocycles. The molecular formula is C32H55N5O4. The second-order valence-corrected chi connectivity index (χ2v) is 13.0. The van der Waals surface area contributed by atoms with E-state index in [1.54, 1.807) is 6.21 Å². The lowest BCUT2D eigenvalue weighted by atomic mass is 9.79. The molecule has 9 heteroatoms. The fourth-order valence-electron chi connectivity index (χ4n) is 4.76. The number of hydrogen-bond donors (Lipinski definition) is 3. The third kappa shape index (κ3) is 13.0. The summed E-state index contributed by atoms with van der Waals surface area (Å²) in [7, 11) is 1.87. The number of nitrogens with zero attached hydrogens (tertiary/aromatic N) is 2. The van der Waals surface area contributed by atoms with Crippen molar-refractivity contribution >= 4 is 24.1 Å². The molecule has 0 aliphatic carbocycles. The summed E-state index contributed by atoms with van der Waals surface area (Å²) in [6.07, 6.45) is 3.25. The van der Waals surface area contributed by atoms with Crippen LogP contribution in [0.25, 0.3) is 0 Å². The number of nitrogens with one attached hydrogen (secondary N) is 3. The highest BCUT2D eigenvalue weighted by molar-refractivity contribution is 5.88. The van der Waals surface area contributed by atoms with Crippen LogP contribution in [0.1, 0.15) is 94.1 Å². The summed E-state index contributed by atoms with van der Waals surface area (Å²) in [6, 6.07) is 8.37. The normalized spacial score (nSPS) is 15.1. The predicted octanol–water partition coefficient (Wildman–Crippen LogP) is 5.50. The molecule has 1 aromatic rings. The van der Waals surface area contributed by atoms with Crippen molar-refractivity contribution in [2.24, 2.45) is 22.4 Å². The highest BCUT2D eigenvalue weighted by Crippen LogP contribution is 2.32. The number of amides is 3. The SMILES string of the molecule is CC[C@@H](C)[C@H](NC(=O)OCc1ccccc1)C(=O)N[C@@H](C)/C=N/N(C)C(C)(C)CC(C)(C)C(=O)NC(C)CC(C)C. The van der Waals surface area contributed by atoms with Crippen molar-refractivity contribution in [2.75, 3.05) is 7.05 Å². The Balaban J connectivity index is 2.75. The van der Waals surface area contributed by atoms with E-state index < -0.39 is 23.1 Å². The molecule has 1 unspecified atom stereocenters. The monoisotopic (exact) mass is 573 g/mol. The zero-order chi connectivity index (χ0) is 31.4. The average Bonchev–Trinajstić information content (AvgIpc) is 2.88. The van der Waals surface area contributed by atoms with Crippen molar-refractivity contribution in [3.8, 4) is 0 Å². The largest absolute Gasteiger partial charge is 0.445 e. The van der Waals surface area contributed by atoms with Crippen LogP contribution in [0, 0.1) is 17.3 Å². The lowest BCUT2D eigenvalue weighted by Crippen LogP contribution is -2.52. The Morgan fingerprint density at radius 3 is 2.15 bits per heavy atom. The van der Waals surface area contributed by atoms with Gasteiger partial charge in [0.1, 0.15) is 12.6 Å². The van der Waals surface area contributed by atoms with Gasteiger partial charge in [-0.1, -0.05) is 78.3 Å². The maximum atomic E-state index is 13.1. The van der Waals surface area contributed by atoms with Crippen LogP contribution in [0.5, 0.6) is 0 Å². The van der Waals surface area contributed by atoms with E-state index in [4.69, 9.17) is 4.74 Å². The fourth-order valence-corrected chi connectivity index (χ4v) is 4.76. The second-order valence-electron chi connectivity index (χ2n) is 13.0. The number of carbonyl (C=O) groups excluding carboxylic acids is 3. The summed E-state index contributed by atoms with van der Waals surface area (Å²) in [5, 5.41) is 15.2. The van der Waals surface area contributed by atoms with Crippen LogP contribution < -0.4 is 16.0 Å². The number of benzene rings is 1. The summed E-state index contributed by atoms with van der Waals surface area (Å²) in [5.41, 5.74) is -0.150. The van der Waals surface area contributed by atoms with Crippen LogP contribution in [0.15, 0.2) is 35.4 Å². The highest BCUT2D eigenvalue weighted by atomic mass is 16.5. The van der Waals surface area contributed by atoms with Gasteiger partial charge in [-0.2, -0.15) is 5.10 Å². The van der Waals surface area contributed by atoms with E-state index in [-0.39, 0.29) is 36.4 Å². The molecule has 1 rings (SSSR count). The predicted molar refractivity (Wildman–Crippen MR) is 166 cm³/mol. The Bertz CT molecular complexity index is 993. The van der Waals surface area contributed by atoms with Crippen LogP contribution in [-0.2, 0) is 20.9 Å². The minimum absolute atomic E-state index is 0.0302. The first-order valence-corrected chi connectivity index (χ1v) is 14.8. The Labute approximate surface area is 248 Å². The third-order valence-electron chi connectivity index (χ3n) is 7.38. The quantitative estimate of drug-likeness (QED) is 0.179. The van der Waals surface area contributed by atoms with E-state index in [0.717, 1.165) is 12.0 Å². The van der Waals surface area contributed by atoms with Crippen LogP contribution in [-0.4, -0.2) is 59.8 Å². The van der Waals surface area contributed by atoms with E-state index in [1.165, 1.54) is 0 Å². The molecule has 3 amide bonds. The number of hydrogen-bond acceptors (Lipinski definition) is 6. The fraction of sp³-hybridized carbons (Fsp3) is 0.688. The van der Waals surface area contributed by atoms with Gasteiger partial charge in [-0.25, -0.2) is 4.79 Å². The van der Waals surface area contributed by atoms with Gasteiger partial charge < -0.3 is 20.7 Å². The Morgan fingerprint density at radius 2 is 1.59 bits per heavy atom. The van der Waals surface area contributed by atoms with Crippen molar-refractivity contribution in [1.29, 1.82) is 0 Å². The topological polar surface area (TPSA) is 112 Å². The van der Waals surface area contributed by atoms with Crippen LogP contribution in [0.3, 0.4) is 0 Å². The molecule has 232 valence electrons. The molecule has 0 spiro atoms. The molecule has 4 atom stereocenters. The van der Waals surface area contributed by atoms with Crippen molar-refractivity contribution in [3.05, 3.63) is 35.9 Å². The first-order valence-electron chi connectivity index (χ1n) is 14.8. The van der Waals surface area contributed by atoms with Gasteiger partial charge in [0.2, 0.25) is 11.8 Å². The van der Waals surface area contributed by atoms with Gasteiger partial charge >= 0.3 is 6.09 Å². The lowest BCUT2D eigenvalue weighted by Gasteiger charge is -2.39. The Hall–Kier alpha value is -3.10. The summed E-state index contributed by atoms with van der Waals surface area (Å²) >= 11 is 0. The second kappa shape index (κ2) is 16.4. The molecule has 1 aromatic carbocycles. The standard InChI is InChI=1S/C32H55N5O4/c1-12-23(4)27(36-30(40)41-20-26-16-14-13-15-17-26)28(38)34-25(6)19-33-37(11)32(9,10)21-31(7,8)29(39)35-24(5)18-22(2)3/h13-17,19,22-25,27H,12,18,20-21H2,1-11H3,(H,34,38)(H,35,39)(H,36,40)/b33-19+/t23-,24?,25+,27+/m1/s1. The van der Waals surface area contributed by atoms with Crippen LogP contribution in [0.2, 0.25) is 0 Å². The Kier molecular flexibility index (Phi) is 14.3. The van der Waals surface area contributed by atoms with Gasteiger partial charge in [-0.05, 0) is 57.9 Å². The maximum absolute atomic E-state index is 13.1. The molecule has 41 heavy (non-hydrogen) atoms. The van der Waals surface area contributed by atoms with Gasteiger partial charge in [-0.3, -0.25) is 14.6 Å². The molecule has 0 aliphatic heterocycles. The average molecular weight is 574 g/mol.